The first-order chi connectivity index (χ1) is 20.8. The number of hydrogen-bond donors (Lipinski definition) is 0. The van der Waals surface area contributed by atoms with Crippen LogP contribution in [0.15, 0.2) is 140 Å². The molecule has 0 saturated heterocycles. The van der Waals surface area contributed by atoms with E-state index in [-0.39, 0.29) is 0 Å². The van der Waals surface area contributed by atoms with Crippen molar-refractivity contribution < 1.29 is 0 Å². The molecule has 2 heterocycles. The Bertz CT molecular complexity index is 2550. The molecule has 1 nitrogen and oxygen atoms in total. The van der Waals surface area contributed by atoms with Gasteiger partial charge in [0.25, 0.3) is 0 Å². The van der Waals surface area contributed by atoms with Crippen LogP contribution in [-0.2, 0) is 0 Å². The number of thiophene rings is 1. The van der Waals surface area contributed by atoms with E-state index in [2.05, 4.69) is 144 Å². The lowest BCUT2D eigenvalue weighted by Gasteiger charge is -2.13. The van der Waals surface area contributed by atoms with E-state index in [1.807, 2.05) is 11.3 Å². The average molecular weight is 550 g/mol. The third-order valence-electron chi connectivity index (χ3n) is 9.14. The zero-order chi connectivity index (χ0) is 27.4. The summed E-state index contributed by atoms with van der Waals surface area (Å²) >= 11 is 1.88. The molecule has 194 valence electrons. The predicted octanol–water partition coefficient (Wildman–Crippen LogP) is 11.6. The van der Waals surface area contributed by atoms with Crippen LogP contribution in [-0.4, -0.2) is 4.57 Å². The zero-order valence-corrected chi connectivity index (χ0v) is 23.5. The van der Waals surface area contributed by atoms with Crippen molar-refractivity contribution in [3.8, 4) is 39.1 Å². The molecule has 0 aliphatic heterocycles. The molecule has 0 atom stereocenters. The maximum Gasteiger partial charge on any atom is 0.0634 e. The van der Waals surface area contributed by atoms with Gasteiger partial charge in [0, 0.05) is 36.6 Å². The molecule has 1 aliphatic carbocycles. The Labute approximate surface area is 246 Å². The summed E-state index contributed by atoms with van der Waals surface area (Å²) in [5.74, 6) is 0. The Morgan fingerprint density at radius 3 is 2.00 bits per heavy atom. The van der Waals surface area contributed by atoms with Gasteiger partial charge in [-0.05, 0) is 74.5 Å². The molecule has 7 aromatic carbocycles. The van der Waals surface area contributed by atoms with Crippen LogP contribution in [0.2, 0.25) is 0 Å². The number of para-hydroxylation sites is 1. The average Bonchev–Trinajstić information content (AvgIpc) is 3.70. The number of benzene rings is 7. The van der Waals surface area contributed by atoms with E-state index >= 15 is 0 Å². The molecule has 0 spiro atoms. The van der Waals surface area contributed by atoms with Crippen molar-refractivity contribution in [2.75, 3.05) is 0 Å². The van der Waals surface area contributed by atoms with Crippen LogP contribution < -0.4 is 0 Å². The van der Waals surface area contributed by atoms with E-state index in [0.29, 0.717) is 0 Å². The standard InChI is InChI=1S/C40H23NS/c1-2-12-28-27(11-1)31-16-8-15-30-26(19-20-32(28)38(30)31)24-9-7-10-25(23-24)41-35-17-5-3-13-29(35)33-21-22-37-39(40(33)41)34-14-4-6-18-36(34)42-37/h1-23H. The van der Waals surface area contributed by atoms with Gasteiger partial charge >= 0.3 is 0 Å². The van der Waals surface area contributed by atoms with E-state index in [1.54, 1.807) is 0 Å². The monoisotopic (exact) mass is 549 g/mol. The molecule has 1 aliphatic rings. The Kier molecular flexibility index (Phi) is 4.39. The maximum atomic E-state index is 2.49. The van der Waals surface area contributed by atoms with Gasteiger partial charge in [0.15, 0.2) is 0 Å². The topological polar surface area (TPSA) is 4.93 Å². The van der Waals surface area contributed by atoms with Crippen molar-refractivity contribution in [2.45, 2.75) is 0 Å². The third-order valence-corrected chi connectivity index (χ3v) is 10.3. The molecule has 0 saturated carbocycles. The fourth-order valence-corrected chi connectivity index (χ4v) is 8.51. The van der Waals surface area contributed by atoms with Crippen LogP contribution in [0.1, 0.15) is 0 Å². The second-order valence-corrected chi connectivity index (χ2v) is 12.4. The van der Waals surface area contributed by atoms with Crippen molar-refractivity contribution in [1.29, 1.82) is 0 Å². The molecule has 9 aromatic rings. The number of fused-ring (bicyclic) bond motifs is 10. The molecular weight excluding hydrogens is 527 g/mol. The predicted molar refractivity (Wildman–Crippen MR) is 181 cm³/mol. The van der Waals surface area contributed by atoms with Crippen molar-refractivity contribution in [2.24, 2.45) is 0 Å². The van der Waals surface area contributed by atoms with Crippen molar-refractivity contribution in [3.05, 3.63) is 140 Å². The van der Waals surface area contributed by atoms with Gasteiger partial charge in [0.2, 0.25) is 0 Å². The fourth-order valence-electron chi connectivity index (χ4n) is 7.41. The van der Waals surface area contributed by atoms with Gasteiger partial charge in [-0.3, -0.25) is 0 Å². The minimum atomic E-state index is 1.19. The molecule has 0 radical (unpaired) electrons. The number of rotatable bonds is 2. The fraction of sp³-hybridized carbons (Fsp3) is 0. The van der Waals surface area contributed by atoms with Gasteiger partial charge < -0.3 is 4.57 Å². The zero-order valence-electron chi connectivity index (χ0n) is 22.6. The number of nitrogens with zero attached hydrogens (tertiary/aromatic N) is 1. The molecule has 2 heteroatoms. The van der Waals surface area contributed by atoms with Gasteiger partial charge in [-0.1, -0.05) is 109 Å². The largest absolute Gasteiger partial charge is 0.309 e. The van der Waals surface area contributed by atoms with Gasteiger partial charge in [-0.2, -0.15) is 0 Å². The summed E-state index contributed by atoms with van der Waals surface area (Å²) in [7, 11) is 0. The smallest absolute Gasteiger partial charge is 0.0634 e. The highest BCUT2D eigenvalue weighted by atomic mass is 32.1. The Morgan fingerprint density at radius 2 is 1.10 bits per heavy atom. The first kappa shape index (κ1) is 22.5. The van der Waals surface area contributed by atoms with E-state index in [0.717, 1.165) is 0 Å². The SMILES string of the molecule is c1cc(-c2ccc3c4c(cccc24)-c2ccccc2-3)cc(-n2c3ccccc3c3ccc4sc5ccccc5c4c32)c1. The first-order valence-electron chi connectivity index (χ1n) is 14.4. The summed E-state index contributed by atoms with van der Waals surface area (Å²) in [6, 6.07) is 51.6. The molecule has 2 aromatic heterocycles. The van der Waals surface area contributed by atoms with Crippen LogP contribution in [0.3, 0.4) is 0 Å². The molecule has 42 heavy (non-hydrogen) atoms. The van der Waals surface area contributed by atoms with Crippen LogP contribution in [0, 0.1) is 0 Å². The summed E-state index contributed by atoms with van der Waals surface area (Å²) in [5.41, 5.74) is 11.6. The second kappa shape index (κ2) is 8.19. The van der Waals surface area contributed by atoms with Gasteiger partial charge in [0.05, 0.1) is 11.0 Å². The van der Waals surface area contributed by atoms with Crippen molar-refractivity contribution >= 4 is 64.1 Å². The lowest BCUT2D eigenvalue weighted by Crippen LogP contribution is -1.95. The highest BCUT2D eigenvalue weighted by Gasteiger charge is 2.23. The maximum absolute atomic E-state index is 2.49. The summed E-state index contributed by atoms with van der Waals surface area (Å²) in [6.45, 7) is 0. The molecule has 10 rings (SSSR count). The molecule has 0 unspecified atom stereocenters. The normalized spacial score (nSPS) is 12.3. The Hall–Kier alpha value is -5.18. The summed E-state index contributed by atoms with van der Waals surface area (Å²) in [4.78, 5) is 0. The Balaban J connectivity index is 1.27. The van der Waals surface area contributed by atoms with Crippen LogP contribution >= 0.6 is 11.3 Å². The van der Waals surface area contributed by atoms with Gasteiger partial charge in [-0.15, -0.1) is 11.3 Å². The molecule has 0 bridgehead atoms. The highest BCUT2D eigenvalue weighted by molar-refractivity contribution is 7.26. The van der Waals surface area contributed by atoms with Gasteiger partial charge in [-0.25, -0.2) is 0 Å². The van der Waals surface area contributed by atoms with Crippen LogP contribution in [0.4, 0.5) is 0 Å². The number of aromatic nitrogens is 1. The molecular formula is C40H23NS. The number of hydrogen-bond acceptors (Lipinski definition) is 1. The summed E-state index contributed by atoms with van der Waals surface area (Å²) in [5, 5.41) is 7.94. The molecule has 0 amide bonds. The minimum absolute atomic E-state index is 1.19. The molecule has 0 N–H and O–H groups in total. The Morgan fingerprint density at radius 1 is 0.405 bits per heavy atom. The van der Waals surface area contributed by atoms with E-state index in [4.69, 9.17) is 0 Å². The summed E-state index contributed by atoms with van der Waals surface area (Å²) < 4.78 is 5.15. The van der Waals surface area contributed by atoms with E-state index in [1.165, 1.54) is 91.8 Å². The lowest BCUT2D eigenvalue weighted by atomic mass is 9.94. The first-order valence-corrected chi connectivity index (χ1v) is 15.3. The quantitative estimate of drug-likeness (QED) is 0.202. The molecule has 0 fully saturated rings. The third kappa shape index (κ3) is 2.87. The van der Waals surface area contributed by atoms with E-state index < -0.39 is 0 Å². The summed E-state index contributed by atoms with van der Waals surface area (Å²) in [6.07, 6.45) is 0. The lowest BCUT2D eigenvalue weighted by molar-refractivity contribution is 1.19. The van der Waals surface area contributed by atoms with E-state index in [9.17, 15) is 0 Å². The minimum Gasteiger partial charge on any atom is -0.309 e. The van der Waals surface area contributed by atoms with Crippen LogP contribution in [0.5, 0.6) is 0 Å². The highest BCUT2D eigenvalue weighted by Crippen LogP contribution is 2.49. The van der Waals surface area contributed by atoms with Crippen LogP contribution in [0.25, 0.3) is 91.8 Å². The van der Waals surface area contributed by atoms with Crippen molar-refractivity contribution in [1.82, 2.24) is 4.57 Å². The van der Waals surface area contributed by atoms with Gasteiger partial charge in [0.1, 0.15) is 0 Å². The second-order valence-electron chi connectivity index (χ2n) is 11.3. The van der Waals surface area contributed by atoms with Crippen molar-refractivity contribution in [3.63, 3.8) is 0 Å².